The Bertz CT molecular complexity index is 179. The van der Waals surface area contributed by atoms with Gasteiger partial charge >= 0.3 is 0 Å². The summed E-state index contributed by atoms with van der Waals surface area (Å²) in [5.41, 5.74) is 0. The van der Waals surface area contributed by atoms with E-state index in [1.165, 1.54) is 58.3 Å². The lowest BCUT2D eigenvalue weighted by Gasteiger charge is -2.27. The molecule has 2 aliphatic rings. The minimum Gasteiger partial charge on any atom is -0.303 e. The molecule has 2 heteroatoms. The number of likely N-dealkylation sites (tertiary alicyclic amines) is 1. The monoisotopic (exact) mass is 210 g/mol. The highest BCUT2D eigenvalue weighted by atomic mass is 15.2. The Morgan fingerprint density at radius 3 is 2.40 bits per heavy atom. The van der Waals surface area contributed by atoms with E-state index in [0.29, 0.717) is 0 Å². The maximum Gasteiger partial charge on any atom is 0.00991 e. The number of rotatable bonds is 6. The largest absolute Gasteiger partial charge is 0.303 e. The fraction of sp³-hybridized carbons (Fsp3) is 1.00. The molecule has 0 atom stereocenters. The molecule has 1 aliphatic heterocycles. The van der Waals surface area contributed by atoms with Crippen LogP contribution in [0.25, 0.3) is 0 Å². The molecule has 0 amide bonds. The zero-order valence-corrected chi connectivity index (χ0v) is 10.4. The summed E-state index contributed by atoms with van der Waals surface area (Å²) in [5, 5.41) is 0. The molecule has 1 aliphatic carbocycles. The number of hydrogen-bond acceptors (Lipinski definition) is 2. The smallest absolute Gasteiger partial charge is 0.00991 e. The van der Waals surface area contributed by atoms with E-state index in [9.17, 15) is 0 Å². The van der Waals surface area contributed by atoms with Gasteiger partial charge in [-0.15, -0.1) is 0 Å². The van der Waals surface area contributed by atoms with Crippen LogP contribution in [0.2, 0.25) is 0 Å². The number of hydrogen-bond donors (Lipinski definition) is 0. The Labute approximate surface area is 94.6 Å². The first-order valence-electron chi connectivity index (χ1n) is 6.75. The van der Waals surface area contributed by atoms with Crippen LogP contribution in [0.3, 0.4) is 0 Å². The van der Waals surface area contributed by atoms with E-state index in [2.05, 4.69) is 23.6 Å². The van der Waals surface area contributed by atoms with Gasteiger partial charge in [0.05, 0.1) is 0 Å². The van der Waals surface area contributed by atoms with Gasteiger partial charge in [-0.25, -0.2) is 0 Å². The molecule has 0 aromatic carbocycles. The molecule has 1 saturated carbocycles. The van der Waals surface area contributed by atoms with E-state index >= 15 is 0 Å². The van der Waals surface area contributed by atoms with Crippen molar-refractivity contribution >= 4 is 0 Å². The molecule has 0 aromatic rings. The summed E-state index contributed by atoms with van der Waals surface area (Å²) in [7, 11) is 0. The van der Waals surface area contributed by atoms with Crippen molar-refractivity contribution in [2.45, 2.75) is 58.0 Å². The van der Waals surface area contributed by atoms with Crippen molar-refractivity contribution in [1.29, 1.82) is 0 Å². The summed E-state index contributed by atoms with van der Waals surface area (Å²) < 4.78 is 0. The molecule has 0 unspecified atom stereocenters. The third-order valence-electron chi connectivity index (χ3n) is 3.77. The van der Waals surface area contributed by atoms with E-state index in [0.717, 1.165) is 12.1 Å². The predicted molar refractivity (Wildman–Crippen MR) is 65.2 cm³/mol. The lowest BCUT2D eigenvalue weighted by atomic mass is 10.2. The van der Waals surface area contributed by atoms with Crippen molar-refractivity contribution in [3.63, 3.8) is 0 Å². The van der Waals surface area contributed by atoms with Gasteiger partial charge in [-0.3, -0.25) is 4.90 Å². The topological polar surface area (TPSA) is 6.48 Å². The average molecular weight is 210 g/mol. The van der Waals surface area contributed by atoms with Crippen LogP contribution in [0.4, 0.5) is 0 Å². The van der Waals surface area contributed by atoms with E-state index < -0.39 is 0 Å². The van der Waals surface area contributed by atoms with Gasteiger partial charge in [0.25, 0.3) is 0 Å². The van der Waals surface area contributed by atoms with E-state index in [-0.39, 0.29) is 0 Å². The highest BCUT2D eigenvalue weighted by Gasteiger charge is 2.30. The minimum absolute atomic E-state index is 0.746. The average Bonchev–Trinajstić information content (AvgIpc) is 2.89. The molecule has 0 radical (unpaired) electrons. The molecule has 15 heavy (non-hydrogen) atoms. The molecule has 0 spiro atoms. The molecular weight excluding hydrogens is 184 g/mol. The molecule has 0 aromatic heterocycles. The second kappa shape index (κ2) is 5.31. The maximum atomic E-state index is 2.70. The summed E-state index contributed by atoms with van der Waals surface area (Å²) in [6.07, 6.45) is 7.12. The van der Waals surface area contributed by atoms with Crippen molar-refractivity contribution in [3.8, 4) is 0 Å². The van der Waals surface area contributed by atoms with Crippen LogP contribution in [-0.4, -0.2) is 48.1 Å². The Balaban J connectivity index is 1.62. The SMILES string of the molecule is CC(C)N(CCCN1CCCC1)C1CC1. The highest BCUT2D eigenvalue weighted by molar-refractivity contribution is 4.86. The third-order valence-corrected chi connectivity index (χ3v) is 3.77. The van der Waals surface area contributed by atoms with Crippen molar-refractivity contribution in [2.24, 2.45) is 0 Å². The van der Waals surface area contributed by atoms with Crippen LogP contribution < -0.4 is 0 Å². The quantitative estimate of drug-likeness (QED) is 0.664. The van der Waals surface area contributed by atoms with Gasteiger partial charge in [0.1, 0.15) is 0 Å². The Morgan fingerprint density at radius 1 is 1.20 bits per heavy atom. The first kappa shape index (κ1) is 11.4. The van der Waals surface area contributed by atoms with Crippen LogP contribution in [0, 0.1) is 0 Å². The fourth-order valence-corrected chi connectivity index (χ4v) is 2.75. The highest BCUT2D eigenvalue weighted by Crippen LogP contribution is 2.28. The summed E-state index contributed by atoms with van der Waals surface area (Å²) in [4.78, 5) is 5.33. The zero-order chi connectivity index (χ0) is 10.7. The normalized spacial score (nSPS) is 23.2. The van der Waals surface area contributed by atoms with Gasteiger partial charge in [0.15, 0.2) is 0 Å². The van der Waals surface area contributed by atoms with Crippen molar-refractivity contribution in [1.82, 2.24) is 9.80 Å². The molecule has 88 valence electrons. The summed E-state index contributed by atoms with van der Waals surface area (Å²) in [6.45, 7) is 10.0. The maximum absolute atomic E-state index is 2.70. The van der Waals surface area contributed by atoms with E-state index in [1.54, 1.807) is 0 Å². The Hall–Kier alpha value is -0.0800. The van der Waals surface area contributed by atoms with Crippen LogP contribution in [0.15, 0.2) is 0 Å². The summed E-state index contributed by atoms with van der Waals surface area (Å²) in [6, 6.07) is 1.68. The van der Waals surface area contributed by atoms with Crippen LogP contribution >= 0.6 is 0 Å². The van der Waals surface area contributed by atoms with E-state index in [4.69, 9.17) is 0 Å². The first-order valence-corrected chi connectivity index (χ1v) is 6.75. The molecule has 2 fully saturated rings. The second-order valence-electron chi connectivity index (χ2n) is 5.47. The lowest BCUT2D eigenvalue weighted by Crippen LogP contribution is -2.35. The Morgan fingerprint density at radius 2 is 1.87 bits per heavy atom. The van der Waals surface area contributed by atoms with Crippen LogP contribution in [0.1, 0.15) is 46.0 Å². The summed E-state index contributed by atoms with van der Waals surface area (Å²) in [5.74, 6) is 0. The van der Waals surface area contributed by atoms with Gasteiger partial charge < -0.3 is 4.90 Å². The van der Waals surface area contributed by atoms with E-state index in [1.807, 2.05) is 0 Å². The van der Waals surface area contributed by atoms with Gasteiger partial charge in [-0.1, -0.05) is 0 Å². The van der Waals surface area contributed by atoms with Crippen LogP contribution in [-0.2, 0) is 0 Å². The third kappa shape index (κ3) is 3.46. The molecule has 1 saturated heterocycles. The molecule has 2 rings (SSSR count). The first-order chi connectivity index (χ1) is 7.27. The van der Waals surface area contributed by atoms with Gasteiger partial charge in [0.2, 0.25) is 0 Å². The Kier molecular flexibility index (Phi) is 4.04. The molecule has 1 heterocycles. The number of nitrogens with zero attached hydrogens (tertiary/aromatic N) is 2. The van der Waals surface area contributed by atoms with Gasteiger partial charge in [-0.05, 0) is 72.1 Å². The fourth-order valence-electron chi connectivity index (χ4n) is 2.75. The molecular formula is C13H26N2. The zero-order valence-electron chi connectivity index (χ0n) is 10.4. The minimum atomic E-state index is 0.746. The summed E-state index contributed by atoms with van der Waals surface area (Å²) >= 11 is 0. The standard InChI is InChI=1S/C13H26N2/c1-12(2)15(13-6-7-13)11-5-10-14-8-3-4-9-14/h12-13H,3-11H2,1-2H3. The molecule has 2 nitrogen and oxygen atoms in total. The van der Waals surface area contributed by atoms with Crippen molar-refractivity contribution in [2.75, 3.05) is 26.2 Å². The molecule has 0 bridgehead atoms. The van der Waals surface area contributed by atoms with Crippen molar-refractivity contribution in [3.05, 3.63) is 0 Å². The van der Waals surface area contributed by atoms with Gasteiger partial charge in [-0.2, -0.15) is 0 Å². The van der Waals surface area contributed by atoms with Crippen LogP contribution in [0.5, 0.6) is 0 Å². The predicted octanol–water partition coefficient (Wildman–Crippen LogP) is 2.35. The van der Waals surface area contributed by atoms with Crippen molar-refractivity contribution < 1.29 is 0 Å². The lowest BCUT2D eigenvalue weighted by molar-refractivity contribution is 0.196. The van der Waals surface area contributed by atoms with Gasteiger partial charge in [0, 0.05) is 12.1 Å². The second-order valence-corrected chi connectivity index (χ2v) is 5.47. The molecule has 0 N–H and O–H groups in total.